The SMILES string of the molecule is COCC1(C)/C(=N/C(O)Nc2ccc(Cl)cc2)N(c2ccc(Cl)cc2)C(=O)N1c1ccc(Cl)cc1. The molecule has 0 aliphatic carbocycles. The Labute approximate surface area is 218 Å². The van der Waals surface area contributed by atoms with Gasteiger partial charge >= 0.3 is 6.03 Å². The van der Waals surface area contributed by atoms with Crippen LogP contribution in [0.2, 0.25) is 15.1 Å². The van der Waals surface area contributed by atoms with Crippen LogP contribution in [-0.2, 0) is 4.74 Å². The number of rotatable bonds is 7. The second kappa shape index (κ2) is 10.4. The number of amides is 2. The Kier molecular flexibility index (Phi) is 7.54. The summed E-state index contributed by atoms with van der Waals surface area (Å²) in [5, 5.41) is 15.4. The number of hydrogen-bond donors (Lipinski definition) is 2. The van der Waals surface area contributed by atoms with Crippen molar-refractivity contribution in [2.45, 2.75) is 18.8 Å². The topological polar surface area (TPSA) is 77.4 Å². The van der Waals surface area contributed by atoms with Crippen molar-refractivity contribution in [3.8, 4) is 0 Å². The zero-order valence-electron chi connectivity index (χ0n) is 19.0. The van der Waals surface area contributed by atoms with Crippen LogP contribution < -0.4 is 15.1 Å². The molecule has 1 aliphatic rings. The average molecular weight is 534 g/mol. The molecule has 35 heavy (non-hydrogen) atoms. The van der Waals surface area contributed by atoms with Crippen molar-refractivity contribution < 1.29 is 14.6 Å². The van der Waals surface area contributed by atoms with Gasteiger partial charge in [0.05, 0.1) is 12.3 Å². The molecule has 2 unspecified atom stereocenters. The summed E-state index contributed by atoms with van der Waals surface area (Å²) in [5.41, 5.74) is 0.678. The van der Waals surface area contributed by atoms with Crippen molar-refractivity contribution in [2.75, 3.05) is 28.8 Å². The number of hydrogen-bond acceptors (Lipinski definition) is 5. The summed E-state index contributed by atoms with van der Waals surface area (Å²) in [6.07, 6.45) is -1.37. The smallest absolute Gasteiger partial charge is 0.335 e. The van der Waals surface area contributed by atoms with Crippen molar-refractivity contribution in [3.63, 3.8) is 0 Å². The number of aliphatic hydroxyl groups excluding tert-OH is 1. The highest BCUT2D eigenvalue weighted by atomic mass is 35.5. The number of halogens is 3. The van der Waals surface area contributed by atoms with Crippen molar-refractivity contribution in [1.82, 2.24) is 0 Å². The standard InChI is InChI=1S/C25H23Cl3N4O3/c1-25(15-35-2)22(30-23(33)29-19-9-3-16(26)4-10-19)31(20-11-5-17(27)6-12-20)24(34)32(25)21-13-7-18(28)8-14-21/h3-14,23,29,33H,15H2,1-2H3/b30-22-. The van der Waals surface area contributed by atoms with Crippen LogP contribution in [0.3, 0.4) is 0 Å². The number of anilines is 3. The molecule has 10 heteroatoms. The Morgan fingerprint density at radius 1 is 0.914 bits per heavy atom. The molecule has 1 fully saturated rings. The molecule has 0 saturated carbocycles. The second-order valence-electron chi connectivity index (χ2n) is 8.09. The normalized spacial score (nSPS) is 19.9. The van der Waals surface area contributed by atoms with Crippen molar-refractivity contribution in [1.29, 1.82) is 0 Å². The van der Waals surface area contributed by atoms with E-state index in [2.05, 4.69) is 10.3 Å². The number of methoxy groups -OCH3 is 1. The molecule has 7 nitrogen and oxygen atoms in total. The van der Waals surface area contributed by atoms with Gasteiger partial charge < -0.3 is 15.2 Å². The summed E-state index contributed by atoms with van der Waals surface area (Å²) < 4.78 is 5.53. The van der Waals surface area contributed by atoms with Crippen LogP contribution in [0.15, 0.2) is 77.8 Å². The van der Waals surface area contributed by atoms with Gasteiger partial charge in [0.1, 0.15) is 11.4 Å². The fourth-order valence-electron chi connectivity index (χ4n) is 4.00. The van der Waals surface area contributed by atoms with E-state index in [1.165, 1.54) is 4.90 Å². The number of aliphatic imine (C=N–C) groups is 1. The molecular weight excluding hydrogens is 511 g/mol. The number of nitrogens with one attached hydrogen (secondary N) is 1. The molecule has 0 spiro atoms. The number of ether oxygens (including phenoxy) is 1. The molecule has 1 heterocycles. The Balaban J connectivity index is 1.82. The van der Waals surface area contributed by atoms with Gasteiger partial charge in [-0.15, -0.1) is 0 Å². The van der Waals surface area contributed by atoms with Gasteiger partial charge in [0.15, 0.2) is 0 Å². The van der Waals surface area contributed by atoms with E-state index < -0.39 is 11.9 Å². The first kappa shape index (κ1) is 25.3. The summed E-state index contributed by atoms with van der Waals surface area (Å²) in [6, 6.07) is 20.2. The maximum absolute atomic E-state index is 13.9. The van der Waals surface area contributed by atoms with E-state index in [1.54, 1.807) is 84.8 Å². The third kappa shape index (κ3) is 5.24. The average Bonchev–Trinajstić information content (AvgIpc) is 3.03. The fourth-order valence-corrected chi connectivity index (χ4v) is 4.38. The monoisotopic (exact) mass is 532 g/mol. The van der Waals surface area contributed by atoms with Crippen LogP contribution >= 0.6 is 34.8 Å². The van der Waals surface area contributed by atoms with E-state index in [9.17, 15) is 9.90 Å². The fraction of sp³-hybridized carbons (Fsp3) is 0.200. The minimum Gasteiger partial charge on any atom is -0.382 e. The molecule has 3 aromatic rings. The van der Waals surface area contributed by atoms with Crippen LogP contribution in [0.1, 0.15) is 6.92 Å². The Morgan fingerprint density at radius 2 is 1.40 bits per heavy atom. The first-order valence-electron chi connectivity index (χ1n) is 10.7. The molecule has 3 aromatic carbocycles. The van der Waals surface area contributed by atoms with Crippen LogP contribution in [0, 0.1) is 0 Å². The van der Waals surface area contributed by atoms with E-state index in [4.69, 9.17) is 39.5 Å². The highest BCUT2D eigenvalue weighted by Crippen LogP contribution is 2.38. The molecule has 1 saturated heterocycles. The molecule has 182 valence electrons. The number of nitrogens with zero attached hydrogens (tertiary/aromatic N) is 3. The summed E-state index contributed by atoms with van der Waals surface area (Å²) in [4.78, 5) is 21.4. The maximum atomic E-state index is 13.9. The molecule has 0 radical (unpaired) electrons. The first-order chi connectivity index (χ1) is 16.7. The first-order valence-corrected chi connectivity index (χ1v) is 11.8. The lowest BCUT2D eigenvalue weighted by atomic mass is 10.00. The number of benzene rings is 3. The minimum atomic E-state index is -1.37. The highest BCUT2D eigenvalue weighted by molar-refractivity contribution is 6.33. The molecule has 0 bridgehead atoms. The Morgan fingerprint density at radius 3 is 1.91 bits per heavy atom. The molecule has 2 amide bonds. The van der Waals surface area contributed by atoms with E-state index in [0.29, 0.717) is 32.1 Å². The van der Waals surface area contributed by atoms with Gasteiger partial charge in [-0.1, -0.05) is 34.8 Å². The largest absolute Gasteiger partial charge is 0.382 e. The molecule has 1 aliphatic heterocycles. The zero-order valence-corrected chi connectivity index (χ0v) is 21.2. The predicted molar refractivity (Wildman–Crippen MR) is 142 cm³/mol. The van der Waals surface area contributed by atoms with Crippen LogP contribution in [0.4, 0.5) is 21.9 Å². The highest BCUT2D eigenvalue weighted by Gasteiger charge is 2.54. The van der Waals surface area contributed by atoms with E-state index in [1.807, 2.05) is 6.92 Å². The lowest BCUT2D eigenvalue weighted by Gasteiger charge is -2.33. The van der Waals surface area contributed by atoms with Gasteiger partial charge in [0.25, 0.3) is 0 Å². The van der Waals surface area contributed by atoms with Crippen LogP contribution in [0.25, 0.3) is 0 Å². The van der Waals surface area contributed by atoms with Gasteiger partial charge in [-0.25, -0.2) is 14.7 Å². The maximum Gasteiger partial charge on any atom is 0.335 e. The third-order valence-electron chi connectivity index (χ3n) is 5.55. The molecule has 2 N–H and O–H groups in total. The van der Waals surface area contributed by atoms with Gasteiger partial charge in [-0.3, -0.25) is 4.90 Å². The molecule has 0 aromatic heterocycles. The van der Waals surface area contributed by atoms with Crippen molar-refractivity contribution in [2.24, 2.45) is 4.99 Å². The quantitative estimate of drug-likeness (QED) is 0.350. The third-order valence-corrected chi connectivity index (χ3v) is 6.31. The lowest BCUT2D eigenvalue weighted by Crippen LogP contribution is -2.51. The van der Waals surface area contributed by atoms with E-state index >= 15 is 0 Å². The Bertz CT molecular complexity index is 1220. The zero-order chi connectivity index (χ0) is 25.2. The van der Waals surface area contributed by atoms with Crippen molar-refractivity contribution >= 4 is 63.7 Å². The van der Waals surface area contributed by atoms with Crippen LogP contribution in [0.5, 0.6) is 0 Å². The predicted octanol–water partition coefficient (Wildman–Crippen LogP) is 6.29. The van der Waals surface area contributed by atoms with Gasteiger partial charge in [0.2, 0.25) is 6.35 Å². The van der Waals surface area contributed by atoms with Gasteiger partial charge in [0, 0.05) is 33.6 Å². The van der Waals surface area contributed by atoms with E-state index in [0.717, 1.165) is 0 Å². The molecule has 4 rings (SSSR count). The number of urea groups is 1. The summed E-state index contributed by atoms with van der Waals surface area (Å²) in [6.45, 7) is 1.94. The summed E-state index contributed by atoms with van der Waals surface area (Å²) in [7, 11) is 1.54. The molecular formula is C25H23Cl3N4O3. The minimum absolute atomic E-state index is 0.109. The lowest BCUT2D eigenvalue weighted by molar-refractivity contribution is 0.165. The summed E-state index contributed by atoms with van der Waals surface area (Å²) in [5.74, 6) is 0.288. The number of carbonyl (C=O) groups is 1. The van der Waals surface area contributed by atoms with Crippen molar-refractivity contribution in [3.05, 3.63) is 87.9 Å². The van der Waals surface area contributed by atoms with E-state index in [-0.39, 0.29) is 18.5 Å². The number of amidine groups is 1. The number of carbonyl (C=O) groups excluding carboxylic acids is 1. The molecule has 2 atom stereocenters. The Hall–Kier alpha value is -2.81. The van der Waals surface area contributed by atoms with Gasteiger partial charge in [-0.05, 0) is 79.7 Å². The van der Waals surface area contributed by atoms with Crippen LogP contribution in [-0.4, -0.2) is 42.6 Å². The summed E-state index contributed by atoms with van der Waals surface area (Å²) >= 11 is 18.1. The van der Waals surface area contributed by atoms with Gasteiger partial charge in [-0.2, -0.15) is 0 Å². The number of aliphatic hydroxyl groups is 1. The second-order valence-corrected chi connectivity index (χ2v) is 9.40.